The summed E-state index contributed by atoms with van der Waals surface area (Å²) in [5, 5.41) is 54.6. The monoisotopic (exact) mass is 1060 g/mol. The van der Waals surface area contributed by atoms with Crippen molar-refractivity contribution in [1.82, 2.24) is 5.32 Å². The van der Waals surface area contributed by atoms with Gasteiger partial charge in [0.25, 0.3) is 0 Å². The number of aliphatic hydroxyl groups excluding tert-OH is 5. The standard InChI is InChI=1S/C66H121NO8/c1-3-5-7-9-11-13-15-17-19-21-23-25-27-28-29-30-31-32-34-35-37-39-41-43-45-47-49-51-53-55-60(69)59(58-74-66-65(73)64(72)63(71)61(57-68)75-66)67-62(70)56-54-52-50-48-46-44-42-40-38-36-33-26-24-22-20-18-16-14-12-10-8-6-4-2/h16,18,22,24,33,36,45,47,53,55,59-61,63-66,68-69,71-73H,3-15,17,19-21,23,25-32,34-35,37-44,46,48-52,54,56-58H2,1-2H3,(H,67,70)/b18-16-,24-22-,36-33-,47-45+,55-53+. The topological polar surface area (TPSA) is 149 Å². The molecular weight excluding hydrogens is 935 g/mol. The maximum absolute atomic E-state index is 13.1. The Morgan fingerprint density at radius 1 is 0.453 bits per heavy atom. The van der Waals surface area contributed by atoms with Gasteiger partial charge in [0, 0.05) is 6.42 Å². The molecule has 0 radical (unpaired) electrons. The van der Waals surface area contributed by atoms with Crippen molar-refractivity contribution in [3.05, 3.63) is 60.8 Å². The summed E-state index contributed by atoms with van der Waals surface area (Å²) < 4.78 is 11.3. The summed E-state index contributed by atoms with van der Waals surface area (Å²) in [6.07, 6.45) is 68.8. The summed E-state index contributed by atoms with van der Waals surface area (Å²) in [6, 6.07) is -0.830. The Hall–Kier alpha value is -2.11. The predicted molar refractivity (Wildman–Crippen MR) is 318 cm³/mol. The van der Waals surface area contributed by atoms with Crippen LogP contribution in [0, 0.1) is 0 Å². The SMILES string of the molecule is CCCCCCC/C=C\C/C=C\C/C=C\CCCCCCCCCCC(=O)NC(COC1OC(CO)C(O)C(O)C1O)C(O)/C=C/CC/C=C/CCCCCCCCCCCCCCCCCCCCCCCCC. The normalized spacial score (nSPS) is 19.3. The van der Waals surface area contributed by atoms with Gasteiger partial charge in [0.2, 0.25) is 5.91 Å². The average Bonchev–Trinajstić information content (AvgIpc) is 3.41. The first-order chi connectivity index (χ1) is 36.8. The third-order valence-corrected chi connectivity index (χ3v) is 15.1. The molecule has 7 atom stereocenters. The van der Waals surface area contributed by atoms with E-state index in [1.54, 1.807) is 6.08 Å². The number of hydrogen-bond acceptors (Lipinski definition) is 8. The fourth-order valence-corrected chi connectivity index (χ4v) is 10.0. The van der Waals surface area contributed by atoms with Crippen LogP contribution in [0.5, 0.6) is 0 Å². The van der Waals surface area contributed by atoms with Crippen LogP contribution in [0.4, 0.5) is 0 Å². The number of allylic oxidation sites excluding steroid dienone is 9. The molecule has 1 amide bonds. The van der Waals surface area contributed by atoms with E-state index >= 15 is 0 Å². The van der Waals surface area contributed by atoms with Gasteiger partial charge < -0.3 is 40.3 Å². The van der Waals surface area contributed by atoms with Gasteiger partial charge in [-0.15, -0.1) is 0 Å². The van der Waals surface area contributed by atoms with Crippen LogP contribution >= 0.6 is 0 Å². The molecule has 0 spiro atoms. The maximum atomic E-state index is 13.1. The Kier molecular flexibility index (Phi) is 52.2. The molecule has 0 aromatic heterocycles. The Morgan fingerprint density at radius 3 is 1.21 bits per heavy atom. The molecule has 0 bridgehead atoms. The van der Waals surface area contributed by atoms with E-state index in [9.17, 15) is 30.3 Å². The maximum Gasteiger partial charge on any atom is 0.220 e. The number of nitrogens with one attached hydrogen (secondary N) is 1. The van der Waals surface area contributed by atoms with Crippen molar-refractivity contribution in [3.63, 3.8) is 0 Å². The Balaban J connectivity index is 2.21. The fourth-order valence-electron chi connectivity index (χ4n) is 10.0. The molecule has 1 aliphatic heterocycles. The molecule has 75 heavy (non-hydrogen) atoms. The van der Waals surface area contributed by atoms with Crippen molar-refractivity contribution < 1.29 is 39.8 Å². The molecule has 0 aromatic carbocycles. The van der Waals surface area contributed by atoms with Crippen LogP contribution in [-0.2, 0) is 14.3 Å². The van der Waals surface area contributed by atoms with Crippen LogP contribution in [0.1, 0.15) is 296 Å². The van der Waals surface area contributed by atoms with Crippen molar-refractivity contribution in [3.8, 4) is 0 Å². The van der Waals surface area contributed by atoms with Crippen molar-refractivity contribution >= 4 is 5.91 Å². The van der Waals surface area contributed by atoms with Crippen molar-refractivity contribution in [2.75, 3.05) is 13.2 Å². The van der Waals surface area contributed by atoms with E-state index in [0.717, 1.165) is 64.2 Å². The zero-order valence-electron chi connectivity index (χ0n) is 48.8. The lowest BCUT2D eigenvalue weighted by Gasteiger charge is -2.40. The highest BCUT2D eigenvalue weighted by molar-refractivity contribution is 5.76. The summed E-state index contributed by atoms with van der Waals surface area (Å²) in [7, 11) is 0. The number of aliphatic hydroxyl groups is 5. The number of amides is 1. The molecular formula is C66H121NO8. The van der Waals surface area contributed by atoms with Gasteiger partial charge in [0.15, 0.2) is 6.29 Å². The average molecular weight is 1060 g/mol. The van der Waals surface area contributed by atoms with Gasteiger partial charge in [0.05, 0.1) is 25.4 Å². The highest BCUT2D eigenvalue weighted by Gasteiger charge is 2.44. The first-order valence-electron chi connectivity index (χ1n) is 32.0. The van der Waals surface area contributed by atoms with E-state index < -0.39 is 49.5 Å². The molecule has 0 aromatic rings. The smallest absolute Gasteiger partial charge is 0.220 e. The molecule has 1 rings (SSSR count). The molecule has 0 saturated carbocycles. The Morgan fingerprint density at radius 2 is 0.800 bits per heavy atom. The highest BCUT2D eigenvalue weighted by atomic mass is 16.7. The summed E-state index contributed by atoms with van der Waals surface area (Å²) in [5.74, 6) is -0.192. The Bertz CT molecular complexity index is 1360. The minimum absolute atomic E-state index is 0.192. The van der Waals surface area contributed by atoms with Gasteiger partial charge in [-0.1, -0.05) is 280 Å². The van der Waals surface area contributed by atoms with E-state index in [4.69, 9.17) is 9.47 Å². The highest BCUT2D eigenvalue weighted by Crippen LogP contribution is 2.23. The largest absolute Gasteiger partial charge is 0.394 e. The predicted octanol–water partition coefficient (Wildman–Crippen LogP) is 16.6. The van der Waals surface area contributed by atoms with Crippen molar-refractivity contribution in [1.29, 1.82) is 0 Å². The molecule has 438 valence electrons. The van der Waals surface area contributed by atoms with Crippen molar-refractivity contribution in [2.24, 2.45) is 0 Å². The minimum Gasteiger partial charge on any atom is -0.394 e. The molecule has 9 heteroatoms. The first kappa shape index (κ1) is 70.9. The molecule has 9 nitrogen and oxygen atoms in total. The third-order valence-electron chi connectivity index (χ3n) is 15.1. The van der Waals surface area contributed by atoms with E-state index in [-0.39, 0.29) is 12.5 Å². The van der Waals surface area contributed by atoms with E-state index in [1.165, 1.54) is 212 Å². The van der Waals surface area contributed by atoms with E-state index in [0.29, 0.717) is 6.42 Å². The van der Waals surface area contributed by atoms with Crippen LogP contribution in [0.25, 0.3) is 0 Å². The van der Waals surface area contributed by atoms with Crippen LogP contribution in [0.2, 0.25) is 0 Å². The van der Waals surface area contributed by atoms with Crippen LogP contribution in [0.15, 0.2) is 60.8 Å². The van der Waals surface area contributed by atoms with E-state index in [2.05, 4.69) is 67.8 Å². The van der Waals surface area contributed by atoms with E-state index in [1.807, 2.05) is 6.08 Å². The number of rotatable bonds is 55. The lowest BCUT2D eigenvalue weighted by atomic mass is 9.99. The van der Waals surface area contributed by atoms with Crippen LogP contribution in [-0.4, -0.2) is 87.5 Å². The lowest BCUT2D eigenvalue weighted by Crippen LogP contribution is -2.60. The van der Waals surface area contributed by atoms with Gasteiger partial charge in [-0.2, -0.15) is 0 Å². The van der Waals surface area contributed by atoms with Crippen LogP contribution in [0.3, 0.4) is 0 Å². The van der Waals surface area contributed by atoms with Gasteiger partial charge in [-0.05, 0) is 70.6 Å². The zero-order chi connectivity index (χ0) is 54.3. The van der Waals surface area contributed by atoms with Gasteiger partial charge in [-0.25, -0.2) is 0 Å². The number of hydrogen-bond donors (Lipinski definition) is 6. The van der Waals surface area contributed by atoms with Gasteiger partial charge in [-0.3, -0.25) is 4.79 Å². The number of carbonyl (C=O) groups excluding carboxylic acids is 1. The molecule has 0 aliphatic carbocycles. The van der Waals surface area contributed by atoms with Gasteiger partial charge in [0.1, 0.15) is 24.4 Å². The molecule has 1 saturated heterocycles. The molecule has 6 N–H and O–H groups in total. The third kappa shape index (κ3) is 44.4. The molecule has 7 unspecified atom stereocenters. The zero-order valence-corrected chi connectivity index (χ0v) is 48.8. The Labute approximate surface area is 462 Å². The number of ether oxygens (including phenoxy) is 2. The lowest BCUT2D eigenvalue weighted by molar-refractivity contribution is -0.302. The second-order valence-electron chi connectivity index (χ2n) is 22.2. The second-order valence-corrected chi connectivity index (χ2v) is 22.2. The number of unbranched alkanes of at least 4 members (excludes halogenated alkanes) is 37. The van der Waals surface area contributed by atoms with Crippen LogP contribution < -0.4 is 5.32 Å². The second kappa shape index (κ2) is 55.2. The summed E-state index contributed by atoms with van der Waals surface area (Å²) >= 11 is 0. The quantitative estimate of drug-likeness (QED) is 0.0261. The number of carbonyl (C=O) groups is 1. The molecule has 1 heterocycles. The van der Waals surface area contributed by atoms with Gasteiger partial charge >= 0.3 is 0 Å². The van der Waals surface area contributed by atoms with Crippen molar-refractivity contribution in [2.45, 2.75) is 339 Å². The fraction of sp³-hybridized carbons (Fsp3) is 0.833. The first-order valence-corrected chi connectivity index (χ1v) is 32.0. The summed E-state index contributed by atoms with van der Waals surface area (Å²) in [5.41, 5.74) is 0. The molecule has 1 aliphatic rings. The molecule has 1 fully saturated rings. The minimum atomic E-state index is -1.58. The summed E-state index contributed by atoms with van der Waals surface area (Å²) in [4.78, 5) is 13.1. The summed E-state index contributed by atoms with van der Waals surface area (Å²) in [6.45, 7) is 3.78.